The number of nitrogens with one attached hydrogen (secondary N) is 1. The Balaban J connectivity index is 1.70. The monoisotopic (exact) mass is 343 g/mol. The van der Waals surface area contributed by atoms with Crippen LogP contribution in [0.5, 0.6) is 5.75 Å². The Morgan fingerprint density at radius 3 is 2.89 bits per heavy atom. The van der Waals surface area contributed by atoms with Crippen LogP contribution in [-0.2, 0) is 6.54 Å². The molecule has 1 N–H and O–H groups in total. The van der Waals surface area contributed by atoms with E-state index in [1.54, 1.807) is 23.5 Å². The highest BCUT2D eigenvalue weighted by Crippen LogP contribution is 2.22. The SMILES string of the molecule is Cc1ccc(CNCCOc2cc(Br)ccc2F)s1. The Kier molecular flexibility index (Phi) is 5.36. The molecule has 5 heteroatoms. The van der Waals surface area contributed by atoms with Crippen molar-refractivity contribution in [3.8, 4) is 5.75 Å². The molecule has 0 aliphatic carbocycles. The molecule has 1 aromatic heterocycles. The zero-order valence-corrected chi connectivity index (χ0v) is 13.0. The number of ether oxygens (including phenoxy) is 1. The van der Waals surface area contributed by atoms with E-state index in [1.807, 2.05) is 0 Å². The first kappa shape index (κ1) is 14.5. The third kappa shape index (κ3) is 4.60. The van der Waals surface area contributed by atoms with Crippen LogP contribution in [0.15, 0.2) is 34.8 Å². The minimum Gasteiger partial charge on any atom is -0.489 e. The molecule has 0 saturated carbocycles. The van der Waals surface area contributed by atoms with E-state index in [4.69, 9.17) is 4.74 Å². The average Bonchev–Trinajstić information content (AvgIpc) is 2.79. The van der Waals surface area contributed by atoms with Crippen molar-refractivity contribution >= 4 is 27.3 Å². The fourth-order valence-corrected chi connectivity index (χ4v) is 2.81. The predicted octanol–water partition coefficient (Wildman–Crippen LogP) is 4.13. The Morgan fingerprint density at radius 1 is 1.32 bits per heavy atom. The molecule has 0 fully saturated rings. The molecule has 0 spiro atoms. The first-order chi connectivity index (χ1) is 9.15. The number of halogens is 2. The molecular formula is C14H15BrFNOS. The fourth-order valence-electron chi connectivity index (χ4n) is 1.61. The maximum atomic E-state index is 13.4. The molecule has 0 unspecified atom stereocenters. The second-order valence-corrected chi connectivity index (χ2v) is 6.40. The summed E-state index contributed by atoms with van der Waals surface area (Å²) in [5.74, 6) is -0.0553. The number of thiophene rings is 1. The van der Waals surface area contributed by atoms with Gasteiger partial charge >= 0.3 is 0 Å². The maximum Gasteiger partial charge on any atom is 0.165 e. The van der Waals surface area contributed by atoms with Gasteiger partial charge < -0.3 is 10.1 Å². The lowest BCUT2D eigenvalue weighted by molar-refractivity contribution is 0.298. The zero-order valence-electron chi connectivity index (χ0n) is 10.6. The number of hydrogen-bond acceptors (Lipinski definition) is 3. The molecule has 0 amide bonds. The molecule has 0 aliphatic heterocycles. The maximum absolute atomic E-state index is 13.4. The van der Waals surface area contributed by atoms with Gasteiger partial charge in [-0.1, -0.05) is 15.9 Å². The number of hydrogen-bond donors (Lipinski definition) is 1. The van der Waals surface area contributed by atoms with Crippen LogP contribution in [0, 0.1) is 12.7 Å². The van der Waals surface area contributed by atoms with Gasteiger partial charge in [0.05, 0.1) is 0 Å². The molecule has 1 aromatic carbocycles. The van der Waals surface area contributed by atoms with E-state index in [0.717, 1.165) is 11.0 Å². The summed E-state index contributed by atoms with van der Waals surface area (Å²) < 4.78 is 19.6. The van der Waals surface area contributed by atoms with Gasteiger partial charge in [0.1, 0.15) is 6.61 Å². The van der Waals surface area contributed by atoms with Crippen molar-refractivity contribution in [3.05, 3.63) is 50.4 Å². The van der Waals surface area contributed by atoms with Crippen molar-refractivity contribution in [2.75, 3.05) is 13.2 Å². The summed E-state index contributed by atoms with van der Waals surface area (Å²) in [6.07, 6.45) is 0. The highest BCUT2D eigenvalue weighted by atomic mass is 79.9. The van der Waals surface area contributed by atoms with E-state index in [-0.39, 0.29) is 11.6 Å². The summed E-state index contributed by atoms with van der Waals surface area (Å²) in [6, 6.07) is 8.90. The first-order valence-electron chi connectivity index (χ1n) is 5.99. The highest BCUT2D eigenvalue weighted by molar-refractivity contribution is 9.10. The van der Waals surface area contributed by atoms with Crippen molar-refractivity contribution in [3.63, 3.8) is 0 Å². The van der Waals surface area contributed by atoms with Gasteiger partial charge in [-0.2, -0.15) is 0 Å². The van der Waals surface area contributed by atoms with E-state index in [0.29, 0.717) is 13.2 Å². The van der Waals surface area contributed by atoms with Gasteiger partial charge in [0.15, 0.2) is 11.6 Å². The normalized spacial score (nSPS) is 10.7. The molecular weight excluding hydrogens is 329 g/mol. The van der Waals surface area contributed by atoms with Crippen molar-refractivity contribution < 1.29 is 9.13 Å². The van der Waals surface area contributed by atoms with E-state index >= 15 is 0 Å². The first-order valence-corrected chi connectivity index (χ1v) is 7.60. The Hall–Kier alpha value is -0.910. The average molecular weight is 344 g/mol. The van der Waals surface area contributed by atoms with Crippen molar-refractivity contribution in [2.45, 2.75) is 13.5 Å². The van der Waals surface area contributed by atoms with Crippen LogP contribution in [0.1, 0.15) is 9.75 Å². The summed E-state index contributed by atoms with van der Waals surface area (Å²) in [5, 5.41) is 3.27. The molecule has 1 heterocycles. The standard InChI is InChI=1S/C14H15BrFNOS/c1-10-2-4-12(19-10)9-17-6-7-18-14-8-11(15)3-5-13(14)16/h2-5,8,17H,6-7,9H2,1H3. The number of benzene rings is 1. The van der Waals surface area contributed by atoms with Crippen LogP contribution in [0.2, 0.25) is 0 Å². The highest BCUT2D eigenvalue weighted by Gasteiger charge is 2.03. The van der Waals surface area contributed by atoms with Gasteiger partial charge in [-0.05, 0) is 37.3 Å². The van der Waals surface area contributed by atoms with E-state index in [1.165, 1.54) is 15.8 Å². The van der Waals surface area contributed by atoms with Gasteiger partial charge in [-0.25, -0.2) is 4.39 Å². The van der Waals surface area contributed by atoms with Gasteiger partial charge in [0, 0.05) is 27.3 Å². The summed E-state index contributed by atoms with van der Waals surface area (Å²) >= 11 is 5.07. The number of aryl methyl sites for hydroxylation is 1. The zero-order chi connectivity index (χ0) is 13.7. The van der Waals surface area contributed by atoms with E-state index in [9.17, 15) is 4.39 Å². The Morgan fingerprint density at radius 2 is 2.16 bits per heavy atom. The van der Waals surface area contributed by atoms with Crippen molar-refractivity contribution in [1.29, 1.82) is 0 Å². The molecule has 102 valence electrons. The van der Waals surface area contributed by atoms with Crippen LogP contribution in [0.4, 0.5) is 4.39 Å². The summed E-state index contributed by atoms with van der Waals surface area (Å²) in [5.41, 5.74) is 0. The van der Waals surface area contributed by atoms with Gasteiger partial charge in [-0.15, -0.1) is 11.3 Å². The largest absolute Gasteiger partial charge is 0.489 e. The summed E-state index contributed by atoms with van der Waals surface area (Å²) in [4.78, 5) is 2.61. The number of rotatable bonds is 6. The molecule has 2 rings (SSSR count). The molecule has 0 saturated heterocycles. The lowest BCUT2D eigenvalue weighted by atomic mass is 10.3. The van der Waals surface area contributed by atoms with Gasteiger partial charge in [0.2, 0.25) is 0 Å². The van der Waals surface area contributed by atoms with Crippen molar-refractivity contribution in [1.82, 2.24) is 5.32 Å². The fraction of sp³-hybridized carbons (Fsp3) is 0.286. The third-order valence-electron chi connectivity index (χ3n) is 2.52. The molecule has 0 radical (unpaired) electrons. The molecule has 0 bridgehead atoms. The molecule has 0 aliphatic rings. The quantitative estimate of drug-likeness (QED) is 0.796. The second kappa shape index (κ2) is 7.03. The van der Waals surface area contributed by atoms with Crippen LogP contribution in [0.25, 0.3) is 0 Å². The Labute approximate surface area is 124 Å². The summed E-state index contributed by atoms with van der Waals surface area (Å²) in [7, 11) is 0. The lowest BCUT2D eigenvalue weighted by Crippen LogP contribution is -2.20. The summed E-state index contributed by atoms with van der Waals surface area (Å²) in [6.45, 7) is 4.04. The third-order valence-corrected chi connectivity index (χ3v) is 4.02. The van der Waals surface area contributed by atoms with Crippen LogP contribution in [-0.4, -0.2) is 13.2 Å². The molecule has 0 atom stereocenters. The lowest BCUT2D eigenvalue weighted by Gasteiger charge is -2.08. The van der Waals surface area contributed by atoms with Crippen LogP contribution >= 0.6 is 27.3 Å². The minimum absolute atomic E-state index is 0.281. The van der Waals surface area contributed by atoms with Crippen molar-refractivity contribution in [2.24, 2.45) is 0 Å². The Bertz CT molecular complexity index is 544. The molecule has 2 nitrogen and oxygen atoms in total. The molecule has 2 aromatic rings. The smallest absolute Gasteiger partial charge is 0.165 e. The molecule has 19 heavy (non-hydrogen) atoms. The van der Waals surface area contributed by atoms with Crippen LogP contribution < -0.4 is 10.1 Å². The van der Waals surface area contributed by atoms with Gasteiger partial charge in [-0.3, -0.25) is 0 Å². The second-order valence-electron chi connectivity index (χ2n) is 4.11. The van der Waals surface area contributed by atoms with E-state index < -0.39 is 0 Å². The van der Waals surface area contributed by atoms with Crippen LogP contribution in [0.3, 0.4) is 0 Å². The predicted molar refractivity (Wildman–Crippen MR) is 80.4 cm³/mol. The van der Waals surface area contributed by atoms with Gasteiger partial charge in [0.25, 0.3) is 0 Å². The van der Waals surface area contributed by atoms with E-state index in [2.05, 4.69) is 40.3 Å². The topological polar surface area (TPSA) is 21.3 Å². The minimum atomic E-state index is -0.336.